The SMILES string of the molecule is CN(C(=O)C(N)Cc1ccccc1)c1ccc2c(c1)CCC=N2. The summed E-state index contributed by atoms with van der Waals surface area (Å²) in [5.41, 5.74) is 10.2. The van der Waals surface area contributed by atoms with Crippen molar-refractivity contribution in [3.05, 3.63) is 59.7 Å². The zero-order valence-electron chi connectivity index (χ0n) is 13.3. The highest BCUT2D eigenvalue weighted by Gasteiger charge is 2.20. The number of amides is 1. The van der Waals surface area contributed by atoms with E-state index in [2.05, 4.69) is 4.99 Å². The van der Waals surface area contributed by atoms with Crippen LogP contribution in [0.5, 0.6) is 0 Å². The second-order valence-corrected chi connectivity index (χ2v) is 5.86. The first-order valence-electron chi connectivity index (χ1n) is 7.87. The summed E-state index contributed by atoms with van der Waals surface area (Å²) in [6.07, 6.45) is 4.39. The molecule has 2 aromatic carbocycles. The summed E-state index contributed by atoms with van der Waals surface area (Å²) in [7, 11) is 1.78. The minimum atomic E-state index is -0.545. The standard InChI is InChI=1S/C19H21N3O/c1-22(16-9-10-18-15(13-16)8-5-11-21-18)19(23)17(20)12-14-6-3-2-4-7-14/h2-4,6-7,9-11,13,17H,5,8,12,20H2,1H3. The Balaban J connectivity index is 1.73. The van der Waals surface area contributed by atoms with Gasteiger partial charge in [-0.05, 0) is 48.6 Å². The molecule has 118 valence electrons. The van der Waals surface area contributed by atoms with Crippen LogP contribution in [0.2, 0.25) is 0 Å². The van der Waals surface area contributed by atoms with E-state index in [1.54, 1.807) is 11.9 Å². The van der Waals surface area contributed by atoms with E-state index in [9.17, 15) is 4.79 Å². The van der Waals surface area contributed by atoms with Crippen molar-refractivity contribution in [1.29, 1.82) is 0 Å². The maximum atomic E-state index is 12.6. The summed E-state index contributed by atoms with van der Waals surface area (Å²) in [4.78, 5) is 18.6. The van der Waals surface area contributed by atoms with Gasteiger partial charge in [-0.3, -0.25) is 9.79 Å². The molecule has 0 radical (unpaired) electrons. The van der Waals surface area contributed by atoms with Crippen LogP contribution in [0.15, 0.2) is 53.5 Å². The Morgan fingerprint density at radius 3 is 2.83 bits per heavy atom. The maximum Gasteiger partial charge on any atom is 0.243 e. The van der Waals surface area contributed by atoms with Crippen LogP contribution in [0, 0.1) is 0 Å². The van der Waals surface area contributed by atoms with Crippen LogP contribution in [0.4, 0.5) is 11.4 Å². The van der Waals surface area contributed by atoms with Gasteiger partial charge in [0.15, 0.2) is 0 Å². The van der Waals surface area contributed by atoms with Crippen molar-refractivity contribution in [1.82, 2.24) is 0 Å². The lowest BCUT2D eigenvalue weighted by molar-refractivity contribution is -0.119. The second kappa shape index (κ2) is 6.75. The topological polar surface area (TPSA) is 58.7 Å². The highest BCUT2D eigenvalue weighted by Crippen LogP contribution is 2.28. The summed E-state index contributed by atoms with van der Waals surface area (Å²) < 4.78 is 0. The molecule has 1 aliphatic heterocycles. The van der Waals surface area contributed by atoms with Gasteiger partial charge in [0.05, 0.1) is 11.7 Å². The van der Waals surface area contributed by atoms with E-state index in [1.807, 2.05) is 54.7 Å². The monoisotopic (exact) mass is 307 g/mol. The van der Waals surface area contributed by atoms with Gasteiger partial charge in [0.1, 0.15) is 0 Å². The molecule has 1 amide bonds. The first-order valence-corrected chi connectivity index (χ1v) is 7.87. The number of benzene rings is 2. The lowest BCUT2D eigenvalue weighted by atomic mass is 10.0. The van der Waals surface area contributed by atoms with Gasteiger partial charge in [-0.2, -0.15) is 0 Å². The number of hydrogen-bond donors (Lipinski definition) is 1. The molecular formula is C19H21N3O. The number of carbonyl (C=O) groups excluding carboxylic acids is 1. The highest BCUT2D eigenvalue weighted by molar-refractivity contribution is 5.97. The molecule has 0 bridgehead atoms. The zero-order chi connectivity index (χ0) is 16.2. The number of aliphatic imine (C=N–C) groups is 1. The number of nitrogens with zero attached hydrogens (tertiary/aromatic N) is 2. The first kappa shape index (κ1) is 15.4. The molecular weight excluding hydrogens is 286 g/mol. The second-order valence-electron chi connectivity index (χ2n) is 5.86. The van der Waals surface area contributed by atoms with E-state index in [4.69, 9.17) is 5.73 Å². The quantitative estimate of drug-likeness (QED) is 0.944. The van der Waals surface area contributed by atoms with E-state index >= 15 is 0 Å². The van der Waals surface area contributed by atoms with Gasteiger partial charge in [-0.25, -0.2) is 0 Å². The van der Waals surface area contributed by atoms with Crippen LogP contribution in [0.1, 0.15) is 17.5 Å². The average Bonchev–Trinajstić information content (AvgIpc) is 2.61. The van der Waals surface area contributed by atoms with E-state index in [-0.39, 0.29) is 5.91 Å². The van der Waals surface area contributed by atoms with Crippen LogP contribution in [0.25, 0.3) is 0 Å². The normalized spacial score (nSPS) is 14.2. The minimum Gasteiger partial charge on any atom is -0.320 e. The van der Waals surface area contributed by atoms with Crippen molar-refractivity contribution in [2.24, 2.45) is 10.7 Å². The number of anilines is 1. The van der Waals surface area contributed by atoms with Gasteiger partial charge in [-0.15, -0.1) is 0 Å². The molecule has 4 nitrogen and oxygen atoms in total. The molecule has 3 rings (SSSR count). The first-order chi connectivity index (χ1) is 11.1. The largest absolute Gasteiger partial charge is 0.320 e. The fourth-order valence-corrected chi connectivity index (χ4v) is 2.82. The lowest BCUT2D eigenvalue weighted by Gasteiger charge is -2.23. The molecule has 0 aromatic heterocycles. The van der Waals surface area contributed by atoms with Crippen LogP contribution >= 0.6 is 0 Å². The van der Waals surface area contributed by atoms with Crippen molar-refractivity contribution >= 4 is 23.5 Å². The highest BCUT2D eigenvalue weighted by atomic mass is 16.2. The molecule has 2 N–H and O–H groups in total. The number of nitrogens with two attached hydrogens (primary N) is 1. The third-order valence-electron chi connectivity index (χ3n) is 4.17. The van der Waals surface area contributed by atoms with Crippen LogP contribution in [0.3, 0.4) is 0 Å². The Bertz CT molecular complexity index is 725. The fourth-order valence-electron chi connectivity index (χ4n) is 2.82. The van der Waals surface area contributed by atoms with Crippen molar-refractivity contribution in [3.63, 3.8) is 0 Å². The van der Waals surface area contributed by atoms with Crippen molar-refractivity contribution < 1.29 is 4.79 Å². The summed E-state index contributed by atoms with van der Waals surface area (Å²) in [6.45, 7) is 0. The van der Waals surface area contributed by atoms with Crippen molar-refractivity contribution in [2.45, 2.75) is 25.3 Å². The number of fused-ring (bicyclic) bond motifs is 1. The maximum absolute atomic E-state index is 12.6. The van der Waals surface area contributed by atoms with Gasteiger partial charge < -0.3 is 10.6 Å². The van der Waals surface area contributed by atoms with Crippen LogP contribution in [-0.4, -0.2) is 25.2 Å². The van der Waals surface area contributed by atoms with E-state index in [0.29, 0.717) is 6.42 Å². The molecule has 0 saturated carbocycles. The third kappa shape index (κ3) is 3.48. The Morgan fingerprint density at radius 2 is 2.04 bits per heavy atom. The van der Waals surface area contributed by atoms with Gasteiger partial charge in [0, 0.05) is 18.9 Å². The molecule has 23 heavy (non-hydrogen) atoms. The van der Waals surface area contributed by atoms with E-state index < -0.39 is 6.04 Å². The van der Waals surface area contributed by atoms with Crippen molar-refractivity contribution in [2.75, 3.05) is 11.9 Å². The summed E-state index contributed by atoms with van der Waals surface area (Å²) in [5.74, 6) is -0.0758. The van der Waals surface area contributed by atoms with Gasteiger partial charge >= 0.3 is 0 Å². The van der Waals surface area contributed by atoms with Crippen LogP contribution in [-0.2, 0) is 17.6 Å². The fraction of sp³-hybridized carbons (Fsp3) is 0.263. The minimum absolute atomic E-state index is 0.0758. The summed E-state index contributed by atoms with van der Waals surface area (Å²) in [5, 5.41) is 0. The number of hydrogen-bond acceptors (Lipinski definition) is 3. The third-order valence-corrected chi connectivity index (χ3v) is 4.17. The molecule has 1 unspecified atom stereocenters. The van der Waals surface area contributed by atoms with E-state index in [1.165, 1.54) is 5.56 Å². The van der Waals surface area contributed by atoms with Crippen LogP contribution < -0.4 is 10.6 Å². The smallest absolute Gasteiger partial charge is 0.243 e. The molecule has 0 saturated heterocycles. The molecule has 4 heteroatoms. The van der Waals surface area contributed by atoms with E-state index in [0.717, 1.165) is 29.8 Å². The van der Waals surface area contributed by atoms with Gasteiger partial charge in [0.2, 0.25) is 5.91 Å². The number of likely N-dealkylation sites (N-methyl/N-ethyl adjacent to an activating group) is 1. The molecule has 1 atom stereocenters. The molecule has 0 aliphatic carbocycles. The average molecular weight is 307 g/mol. The Hall–Kier alpha value is -2.46. The molecule has 1 heterocycles. The predicted octanol–water partition coefficient (Wildman–Crippen LogP) is 2.87. The number of carbonyl (C=O) groups is 1. The Kier molecular flexibility index (Phi) is 4.53. The summed E-state index contributed by atoms with van der Waals surface area (Å²) >= 11 is 0. The molecule has 0 spiro atoms. The lowest BCUT2D eigenvalue weighted by Crippen LogP contribution is -2.43. The number of rotatable bonds is 4. The summed E-state index contributed by atoms with van der Waals surface area (Å²) in [6, 6.07) is 15.2. The van der Waals surface area contributed by atoms with Gasteiger partial charge in [-0.1, -0.05) is 30.3 Å². The predicted molar refractivity (Wildman–Crippen MR) is 94.4 cm³/mol. The molecule has 1 aliphatic rings. The molecule has 0 fully saturated rings. The van der Waals surface area contributed by atoms with Crippen molar-refractivity contribution in [3.8, 4) is 0 Å². The Morgan fingerprint density at radius 1 is 1.26 bits per heavy atom. The Labute approximate surface area is 136 Å². The molecule has 2 aromatic rings. The van der Waals surface area contributed by atoms with Gasteiger partial charge in [0.25, 0.3) is 0 Å². The number of aryl methyl sites for hydroxylation is 1. The zero-order valence-corrected chi connectivity index (χ0v) is 13.3.